The molecule has 0 amide bonds. The highest BCUT2D eigenvalue weighted by Gasteiger charge is 2.21. The Bertz CT molecular complexity index is 665. The molecule has 0 aromatic carbocycles. The van der Waals surface area contributed by atoms with Gasteiger partial charge in [-0.3, -0.25) is 0 Å². The molecule has 33 heavy (non-hydrogen) atoms. The van der Waals surface area contributed by atoms with Crippen LogP contribution < -0.4 is 9.13 Å². The second-order valence-electron chi connectivity index (χ2n) is 7.09. The molecule has 2 rings (SSSR count). The minimum atomic E-state index is -6.00. The predicted octanol–water partition coefficient (Wildman–Crippen LogP) is 4.78. The van der Waals surface area contributed by atoms with Crippen molar-refractivity contribution >= 4 is 14.5 Å². The molecule has 192 valence electrons. The van der Waals surface area contributed by atoms with E-state index < -0.39 is 14.5 Å². The zero-order valence-electron chi connectivity index (χ0n) is 18.9. The van der Waals surface area contributed by atoms with E-state index in [0.29, 0.717) is 0 Å². The minimum Gasteiger partial charge on any atom is -0.418 e. The summed E-state index contributed by atoms with van der Waals surface area (Å²) in [5, 5.41) is 0. The SMILES string of the molecule is CCCC[n+]1ccn(CCOCCn2cc[n+](CCCC)c2)c1.F[B-](F)(F)F.F[B-](F)(F)F. The van der Waals surface area contributed by atoms with Gasteiger partial charge in [-0.05, 0) is 12.8 Å². The van der Waals surface area contributed by atoms with E-state index in [1.165, 1.54) is 25.7 Å². The van der Waals surface area contributed by atoms with E-state index in [4.69, 9.17) is 4.74 Å². The number of hydrogen-bond acceptors (Lipinski definition) is 1. The number of rotatable bonds is 12. The molecule has 2 aromatic rings. The normalized spacial score (nSPS) is 11.5. The summed E-state index contributed by atoms with van der Waals surface area (Å²) in [5.74, 6) is 0. The van der Waals surface area contributed by atoms with Gasteiger partial charge in [0.2, 0.25) is 12.7 Å². The second-order valence-corrected chi connectivity index (χ2v) is 7.09. The Morgan fingerprint density at radius 2 is 1.00 bits per heavy atom. The molecule has 0 fully saturated rings. The van der Waals surface area contributed by atoms with Crippen molar-refractivity contribution in [3.8, 4) is 0 Å². The molecule has 0 spiro atoms. The van der Waals surface area contributed by atoms with Gasteiger partial charge in [0.05, 0.1) is 26.3 Å². The summed E-state index contributed by atoms with van der Waals surface area (Å²) in [6.45, 7) is 10.0. The van der Waals surface area contributed by atoms with Crippen molar-refractivity contribution in [2.75, 3.05) is 13.2 Å². The van der Waals surface area contributed by atoms with Crippen molar-refractivity contribution in [1.82, 2.24) is 9.13 Å². The summed E-state index contributed by atoms with van der Waals surface area (Å²) < 4.78 is 92.7. The number of ether oxygens (including phenoxy) is 1. The van der Waals surface area contributed by atoms with Gasteiger partial charge in [0.1, 0.15) is 37.9 Å². The minimum absolute atomic E-state index is 0.763. The fraction of sp³-hybridized carbons (Fsp3) is 0.667. The third-order valence-corrected chi connectivity index (χ3v) is 4.02. The van der Waals surface area contributed by atoms with Gasteiger partial charge < -0.3 is 39.3 Å². The largest absolute Gasteiger partial charge is 0.673 e. The molecule has 5 nitrogen and oxygen atoms in total. The molecule has 2 aromatic heterocycles. The Kier molecular flexibility index (Phi) is 15.5. The van der Waals surface area contributed by atoms with Crippen molar-refractivity contribution < 1.29 is 48.4 Å². The first-order chi connectivity index (χ1) is 15.3. The molecular formula is C18H32B2F8N4O. The van der Waals surface area contributed by atoms with Gasteiger partial charge in [-0.2, -0.15) is 0 Å². The number of nitrogens with zero attached hydrogens (tertiary/aromatic N) is 4. The van der Waals surface area contributed by atoms with Gasteiger partial charge in [0.25, 0.3) is 0 Å². The lowest BCUT2D eigenvalue weighted by Gasteiger charge is -2.00. The fourth-order valence-electron chi connectivity index (χ4n) is 2.53. The van der Waals surface area contributed by atoms with Crippen LogP contribution in [0.5, 0.6) is 0 Å². The van der Waals surface area contributed by atoms with Crippen LogP contribution in [0.2, 0.25) is 0 Å². The predicted molar refractivity (Wildman–Crippen MR) is 110 cm³/mol. The smallest absolute Gasteiger partial charge is 0.418 e. The molecule has 0 N–H and O–H groups in total. The first-order valence-electron chi connectivity index (χ1n) is 10.7. The van der Waals surface area contributed by atoms with E-state index in [1.807, 2.05) is 0 Å². The zero-order chi connectivity index (χ0) is 25.3. The molecule has 0 aliphatic rings. The first-order valence-corrected chi connectivity index (χ1v) is 10.7. The van der Waals surface area contributed by atoms with Gasteiger partial charge in [0, 0.05) is 0 Å². The maximum absolute atomic E-state index is 9.75. The Labute approximate surface area is 189 Å². The molecule has 2 heterocycles. The molecule has 0 saturated heterocycles. The topological polar surface area (TPSA) is 26.8 Å². The number of unbranched alkanes of at least 4 members (excludes halogenated alkanes) is 2. The number of halogens is 8. The fourth-order valence-corrected chi connectivity index (χ4v) is 2.53. The third-order valence-electron chi connectivity index (χ3n) is 4.02. The highest BCUT2D eigenvalue weighted by molar-refractivity contribution is 6.50. The average molecular weight is 494 g/mol. The Morgan fingerprint density at radius 3 is 1.30 bits per heavy atom. The highest BCUT2D eigenvalue weighted by Crippen LogP contribution is 2.07. The monoisotopic (exact) mass is 494 g/mol. The maximum Gasteiger partial charge on any atom is 0.673 e. The van der Waals surface area contributed by atoms with Crippen LogP contribution in [-0.4, -0.2) is 36.9 Å². The molecular weight excluding hydrogens is 462 g/mol. The lowest BCUT2D eigenvalue weighted by atomic mass is 10.3. The molecule has 0 radical (unpaired) electrons. The molecule has 0 bridgehead atoms. The molecule has 0 aliphatic heterocycles. The Hall–Kier alpha value is -2.05. The summed E-state index contributed by atoms with van der Waals surface area (Å²) in [7, 11) is -12.0. The van der Waals surface area contributed by atoms with Crippen molar-refractivity contribution in [2.24, 2.45) is 0 Å². The van der Waals surface area contributed by atoms with E-state index in [-0.39, 0.29) is 0 Å². The van der Waals surface area contributed by atoms with Crippen LogP contribution in [0.1, 0.15) is 39.5 Å². The molecule has 0 atom stereocenters. The third kappa shape index (κ3) is 22.9. The number of imidazole rings is 2. The van der Waals surface area contributed by atoms with Crippen LogP contribution >= 0.6 is 0 Å². The van der Waals surface area contributed by atoms with E-state index in [2.05, 4.69) is 69.6 Å². The van der Waals surface area contributed by atoms with Gasteiger partial charge in [-0.25, -0.2) is 18.3 Å². The number of hydrogen-bond donors (Lipinski definition) is 0. The van der Waals surface area contributed by atoms with Gasteiger partial charge in [0.15, 0.2) is 0 Å². The standard InChI is InChI=1S/C18H32N4O.2BF4/c1-3-5-7-19-9-11-21(17-19)13-15-23-16-14-22-12-10-20(18-22)8-6-4-2;2*2-1(3,4)5/h9-12,17-18H,3-8,13-16H2,1-2H3;;/q+2;2*-1. The maximum atomic E-state index is 9.75. The summed E-state index contributed by atoms with van der Waals surface area (Å²) >= 11 is 0. The second kappa shape index (κ2) is 16.5. The number of aromatic nitrogens is 4. The van der Waals surface area contributed by atoms with Crippen molar-refractivity contribution in [3.63, 3.8) is 0 Å². The Morgan fingerprint density at radius 1 is 0.667 bits per heavy atom. The molecule has 0 saturated carbocycles. The molecule has 0 aliphatic carbocycles. The van der Waals surface area contributed by atoms with Crippen LogP contribution in [0.3, 0.4) is 0 Å². The van der Waals surface area contributed by atoms with Crippen LogP contribution in [0.15, 0.2) is 37.4 Å². The summed E-state index contributed by atoms with van der Waals surface area (Å²) in [6.07, 6.45) is 17.8. The van der Waals surface area contributed by atoms with Crippen molar-refractivity contribution in [1.29, 1.82) is 0 Å². The van der Waals surface area contributed by atoms with E-state index in [9.17, 15) is 34.5 Å². The summed E-state index contributed by atoms with van der Waals surface area (Å²) in [4.78, 5) is 0. The van der Waals surface area contributed by atoms with Gasteiger partial charge in [-0.1, -0.05) is 26.7 Å². The van der Waals surface area contributed by atoms with Crippen molar-refractivity contribution in [3.05, 3.63) is 37.4 Å². The first kappa shape index (κ1) is 30.9. The molecule has 0 unspecified atom stereocenters. The van der Waals surface area contributed by atoms with Gasteiger partial charge >= 0.3 is 14.5 Å². The lowest BCUT2D eigenvalue weighted by molar-refractivity contribution is -0.697. The van der Waals surface area contributed by atoms with Crippen LogP contribution in [0.4, 0.5) is 34.5 Å². The van der Waals surface area contributed by atoms with Crippen LogP contribution in [0.25, 0.3) is 0 Å². The van der Waals surface area contributed by atoms with Crippen molar-refractivity contribution in [2.45, 2.75) is 65.7 Å². The van der Waals surface area contributed by atoms with E-state index in [1.54, 1.807) is 0 Å². The molecule has 15 heteroatoms. The van der Waals surface area contributed by atoms with Gasteiger partial charge in [-0.15, -0.1) is 0 Å². The van der Waals surface area contributed by atoms with Crippen LogP contribution in [-0.2, 0) is 30.9 Å². The lowest BCUT2D eigenvalue weighted by Crippen LogP contribution is -2.31. The zero-order valence-corrected chi connectivity index (χ0v) is 18.9. The quantitative estimate of drug-likeness (QED) is 0.181. The van der Waals surface area contributed by atoms with E-state index in [0.717, 1.165) is 39.4 Å². The average Bonchev–Trinajstić information content (AvgIpc) is 3.31. The van der Waals surface area contributed by atoms with E-state index >= 15 is 0 Å². The summed E-state index contributed by atoms with van der Waals surface area (Å²) in [5.41, 5.74) is 0. The van der Waals surface area contributed by atoms with Crippen LogP contribution in [0, 0.1) is 0 Å². The number of aryl methyl sites for hydroxylation is 2. The summed E-state index contributed by atoms with van der Waals surface area (Å²) in [6, 6.07) is 0. The highest BCUT2D eigenvalue weighted by atomic mass is 19.5. The Balaban J connectivity index is 0.000000859.